The van der Waals surface area contributed by atoms with E-state index >= 15 is 0 Å². The van der Waals surface area contributed by atoms with E-state index in [0.717, 1.165) is 24.7 Å². The van der Waals surface area contributed by atoms with Crippen LogP contribution in [-0.2, 0) is 9.53 Å². The SMILES string of the molecule is CC(C)CC1CC(OC=O)C1. The van der Waals surface area contributed by atoms with Gasteiger partial charge in [0.25, 0.3) is 6.47 Å². The van der Waals surface area contributed by atoms with Crippen LogP contribution in [-0.4, -0.2) is 12.6 Å². The molecule has 0 heterocycles. The molecule has 0 aromatic rings. The minimum atomic E-state index is 0.233. The highest BCUT2D eigenvalue weighted by molar-refractivity contribution is 5.37. The van der Waals surface area contributed by atoms with Gasteiger partial charge in [0.05, 0.1) is 0 Å². The topological polar surface area (TPSA) is 26.3 Å². The lowest BCUT2D eigenvalue weighted by Crippen LogP contribution is -2.31. The third-order valence-corrected chi connectivity index (χ3v) is 2.25. The van der Waals surface area contributed by atoms with Crippen molar-refractivity contribution >= 4 is 6.47 Å². The molecule has 0 saturated heterocycles. The molecular weight excluding hydrogens is 140 g/mol. The quantitative estimate of drug-likeness (QED) is 0.582. The fourth-order valence-corrected chi connectivity index (χ4v) is 1.72. The molecule has 64 valence electrons. The molecule has 0 bridgehead atoms. The van der Waals surface area contributed by atoms with Crippen LogP contribution < -0.4 is 0 Å². The van der Waals surface area contributed by atoms with Gasteiger partial charge in [-0.2, -0.15) is 0 Å². The molecule has 0 atom stereocenters. The Morgan fingerprint density at radius 1 is 1.55 bits per heavy atom. The van der Waals surface area contributed by atoms with Crippen LogP contribution in [0.2, 0.25) is 0 Å². The second kappa shape index (κ2) is 3.74. The summed E-state index contributed by atoms with van der Waals surface area (Å²) >= 11 is 0. The van der Waals surface area contributed by atoms with E-state index < -0.39 is 0 Å². The molecule has 11 heavy (non-hydrogen) atoms. The van der Waals surface area contributed by atoms with Crippen molar-refractivity contribution in [1.82, 2.24) is 0 Å². The fraction of sp³-hybridized carbons (Fsp3) is 0.889. The molecule has 2 heteroatoms. The van der Waals surface area contributed by atoms with Crippen molar-refractivity contribution in [3.8, 4) is 0 Å². The molecule has 1 fully saturated rings. The molecule has 0 N–H and O–H groups in total. The molecule has 1 rings (SSSR count). The Bertz CT molecular complexity index is 126. The van der Waals surface area contributed by atoms with Crippen molar-refractivity contribution in [2.75, 3.05) is 0 Å². The number of carbonyl (C=O) groups is 1. The monoisotopic (exact) mass is 156 g/mol. The van der Waals surface area contributed by atoms with Crippen molar-refractivity contribution in [2.24, 2.45) is 11.8 Å². The van der Waals surface area contributed by atoms with E-state index in [0.29, 0.717) is 6.47 Å². The van der Waals surface area contributed by atoms with E-state index in [-0.39, 0.29) is 6.10 Å². The van der Waals surface area contributed by atoms with Gasteiger partial charge in [-0.05, 0) is 31.1 Å². The Labute approximate surface area is 67.9 Å². The minimum absolute atomic E-state index is 0.233. The molecule has 1 aliphatic rings. The minimum Gasteiger partial charge on any atom is -0.465 e. The first-order valence-electron chi connectivity index (χ1n) is 4.31. The fourth-order valence-electron chi connectivity index (χ4n) is 1.72. The molecule has 0 aromatic carbocycles. The zero-order chi connectivity index (χ0) is 8.27. The maximum atomic E-state index is 9.91. The van der Waals surface area contributed by atoms with Crippen molar-refractivity contribution < 1.29 is 9.53 Å². The third-order valence-electron chi connectivity index (χ3n) is 2.25. The van der Waals surface area contributed by atoms with Gasteiger partial charge in [-0.25, -0.2) is 0 Å². The average molecular weight is 156 g/mol. The van der Waals surface area contributed by atoms with Crippen LogP contribution in [0.15, 0.2) is 0 Å². The average Bonchev–Trinajstić information content (AvgIpc) is 1.82. The van der Waals surface area contributed by atoms with Gasteiger partial charge in [0.2, 0.25) is 0 Å². The maximum Gasteiger partial charge on any atom is 0.293 e. The van der Waals surface area contributed by atoms with E-state index in [1.807, 2.05) is 0 Å². The lowest BCUT2D eigenvalue weighted by molar-refractivity contribution is -0.140. The van der Waals surface area contributed by atoms with E-state index in [4.69, 9.17) is 4.74 Å². The van der Waals surface area contributed by atoms with Gasteiger partial charge in [0.15, 0.2) is 0 Å². The van der Waals surface area contributed by atoms with Gasteiger partial charge in [-0.15, -0.1) is 0 Å². The summed E-state index contributed by atoms with van der Waals surface area (Å²) in [6, 6.07) is 0. The second-order valence-corrected chi connectivity index (χ2v) is 3.82. The summed E-state index contributed by atoms with van der Waals surface area (Å²) in [5.74, 6) is 1.58. The molecular formula is C9H16O2. The van der Waals surface area contributed by atoms with Crippen LogP contribution in [0.1, 0.15) is 33.1 Å². The Balaban J connectivity index is 2.04. The van der Waals surface area contributed by atoms with Gasteiger partial charge >= 0.3 is 0 Å². The summed E-state index contributed by atoms with van der Waals surface area (Å²) in [6.45, 7) is 5.03. The van der Waals surface area contributed by atoms with Gasteiger partial charge in [0, 0.05) is 0 Å². The predicted molar refractivity (Wildman–Crippen MR) is 43.1 cm³/mol. The first kappa shape index (κ1) is 8.57. The highest BCUT2D eigenvalue weighted by atomic mass is 16.5. The van der Waals surface area contributed by atoms with E-state index in [9.17, 15) is 4.79 Å². The lowest BCUT2D eigenvalue weighted by Gasteiger charge is -2.34. The van der Waals surface area contributed by atoms with Crippen LogP contribution in [0.4, 0.5) is 0 Å². The molecule has 0 unspecified atom stereocenters. The Morgan fingerprint density at radius 3 is 2.64 bits per heavy atom. The second-order valence-electron chi connectivity index (χ2n) is 3.82. The largest absolute Gasteiger partial charge is 0.465 e. The first-order valence-corrected chi connectivity index (χ1v) is 4.31. The van der Waals surface area contributed by atoms with E-state index in [1.165, 1.54) is 6.42 Å². The summed E-state index contributed by atoms with van der Waals surface area (Å²) in [4.78, 5) is 9.91. The zero-order valence-electron chi connectivity index (χ0n) is 7.25. The van der Waals surface area contributed by atoms with Gasteiger partial charge in [0.1, 0.15) is 6.10 Å². The smallest absolute Gasteiger partial charge is 0.293 e. The lowest BCUT2D eigenvalue weighted by atomic mass is 9.77. The molecule has 1 aliphatic carbocycles. The Hall–Kier alpha value is -0.530. The highest BCUT2D eigenvalue weighted by Crippen LogP contribution is 2.34. The summed E-state index contributed by atoms with van der Waals surface area (Å²) in [7, 11) is 0. The summed E-state index contributed by atoms with van der Waals surface area (Å²) in [6.07, 6.45) is 3.67. The van der Waals surface area contributed by atoms with Crippen LogP contribution in [0.5, 0.6) is 0 Å². The molecule has 1 saturated carbocycles. The van der Waals surface area contributed by atoms with Crippen LogP contribution in [0, 0.1) is 11.8 Å². The standard InChI is InChI=1S/C9H16O2/c1-7(2)3-8-4-9(5-8)11-6-10/h6-9H,3-5H2,1-2H3. The molecule has 0 spiro atoms. The molecule has 0 radical (unpaired) electrons. The van der Waals surface area contributed by atoms with Crippen molar-refractivity contribution in [2.45, 2.75) is 39.2 Å². The van der Waals surface area contributed by atoms with Gasteiger partial charge in [-0.3, -0.25) is 4.79 Å². The van der Waals surface area contributed by atoms with Crippen molar-refractivity contribution in [1.29, 1.82) is 0 Å². The Kier molecular flexibility index (Phi) is 2.92. The summed E-state index contributed by atoms with van der Waals surface area (Å²) in [5.41, 5.74) is 0. The van der Waals surface area contributed by atoms with Crippen LogP contribution in [0.25, 0.3) is 0 Å². The first-order chi connectivity index (χ1) is 5.22. The molecule has 2 nitrogen and oxygen atoms in total. The maximum absolute atomic E-state index is 9.91. The van der Waals surface area contributed by atoms with Gasteiger partial charge < -0.3 is 4.74 Å². The summed E-state index contributed by atoms with van der Waals surface area (Å²) < 4.78 is 4.81. The van der Waals surface area contributed by atoms with Crippen molar-refractivity contribution in [3.05, 3.63) is 0 Å². The van der Waals surface area contributed by atoms with E-state index in [2.05, 4.69) is 13.8 Å². The van der Waals surface area contributed by atoms with Gasteiger partial charge in [-0.1, -0.05) is 13.8 Å². The number of hydrogen-bond acceptors (Lipinski definition) is 2. The number of hydrogen-bond donors (Lipinski definition) is 0. The number of carbonyl (C=O) groups excluding carboxylic acids is 1. The number of rotatable bonds is 4. The van der Waals surface area contributed by atoms with Crippen LogP contribution in [0.3, 0.4) is 0 Å². The molecule has 0 aromatic heterocycles. The predicted octanol–water partition coefficient (Wildman–Crippen LogP) is 1.98. The van der Waals surface area contributed by atoms with Crippen molar-refractivity contribution in [3.63, 3.8) is 0 Å². The molecule has 0 aliphatic heterocycles. The highest BCUT2D eigenvalue weighted by Gasteiger charge is 2.30. The molecule has 0 amide bonds. The van der Waals surface area contributed by atoms with Crippen LogP contribution >= 0.6 is 0 Å². The van der Waals surface area contributed by atoms with E-state index in [1.54, 1.807) is 0 Å². The Morgan fingerprint density at radius 2 is 2.18 bits per heavy atom. The third kappa shape index (κ3) is 2.52. The zero-order valence-corrected chi connectivity index (χ0v) is 7.25. The summed E-state index contributed by atoms with van der Waals surface area (Å²) in [5, 5.41) is 0. The normalized spacial score (nSPS) is 29.7. The number of ether oxygens (including phenoxy) is 1.